The van der Waals surface area contributed by atoms with Crippen LogP contribution in [0.3, 0.4) is 0 Å². The normalized spacial score (nSPS) is 12.9. The molecule has 2 nitrogen and oxygen atoms in total. The number of fused-ring (bicyclic) bond motifs is 2. The lowest BCUT2D eigenvalue weighted by molar-refractivity contribution is 0.404. The van der Waals surface area contributed by atoms with E-state index in [0.29, 0.717) is 0 Å². The predicted octanol–water partition coefficient (Wildman–Crippen LogP) is 4.16. The molecule has 1 aromatic heterocycles. The van der Waals surface area contributed by atoms with Gasteiger partial charge in [-0.15, -0.1) is 0 Å². The topological polar surface area (TPSA) is 8.17 Å². The Morgan fingerprint density at radius 3 is 2.65 bits per heavy atom. The van der Waals surface area contributed by atoms with Gasteiger partial charge in [-0.1, -0.05) is 36.0 Å². The van der Waals surface area contributed by atoms with Crippen LogP contribution in [0.15, 0.2) is 58.5 Å². The highest BCUT2D eigenvalue weighted by atomic mass is 32.2. The van der Waals surface area contributed by atoms with Gasteiger partial charge in [-0.2, -0.15) is 0 Å². The Labute approximate surface area is 123 Å². The summed E-state index contributed by atoms with van der Waals surface area (Å²) in [5.74, 6) is 0. The molecule has 2 aromatic carbocycles. The van der Waals surface area contributed by atoms with Crippen LogP contribution in [0.2, 0.25) is 0 Å². The zero-order valence-corrected chi connectivity index (χ0v) is 12.4. The van der Waals surface area contributed by atoms with Crippen LogP contribution < -0.4 is 0 Å². The van der Waals surface area contributed by atoms with Gasteiger partial charge < -0.3 is 9.47 Å². The highest BCUT2D eigenvalue weighted by Gasteiger charge is 2.20. The number of aromatic nitrogens is 1. The van der Waals surface area contributed by atoms with Gasteiger partial charge in [0.15, 0.2) is 0 Å². The van der Waals surface area contributed by atoms with Crippen molar-refractivity contribution in [1.82, 2.24) is 9.47 Å². The Morgan fingerprint density at radius 1 is 1.00 bits per heavy atom. The second kappa shape index (κ2) is 4.40. The fourth-order valence-electron chi connectivity index (χ4n) is 2.92. The van der Waals surface area contributed by atoms with Crippen molar-refractivity contribution >= 4 is 22.7 Å². The molecule has 4 rings (SSSR count). The summed E-state index contributed by atoms with van der Waals surface area (Å²) in [6.45, 7) is 0.972. The zero-order valence-electron chi connectivity index (χ0n) is 11.6. The van der Waals surface area contributed by atoms with E-state index >= 15 is 0 Å². The van der Waals surface area contributed by atoms with E-state index < -0.39 is 0 Å². The first-order chi connectivity index (χ1) is 9.74. The third-order valence-electron chi connectivity index (χ3n) is 3.70. The van der Waals surface area contributed by atoms with Crippen LogP contribution in [0, 0.1) is 0 Å². The van der Waals surface area contributed by atoms with E-state index in [9.17, 15) is 0 Å². The summed E-state index contributed by atoms with van der Waals surface area (Å²) in [5, 5.41) is 1.37. The second-order valence-electron chi connectivity index (χ2n) is 5.48. The number of hydrogen-bond acceptors (Lipinski definition) is 2. The minimum absolute atomic E-state index is 0.972. The molecule has 2 heterocycles. The van der Waals surface area contributed by atoms with E-state index in [1.165, 1.54) is 31.9 Å². The first-order valence-electron chi connectivity index (χ1n) is 6.79. The van der Waals surface area contributed by atoms with Crippen LogP contribution in [0.1, 0.15) is 5.56 Å². The number of hydrogen-bond donors (Lipinski definition) is 0. The monoisotopic (exact) mass is 280 g/mol. The summed E-state index contributed by atoms with van der Waals surface area (Å²) < 4.78 is 2.36. The molecular formula is C17H16N2S. The Morgan fingerprint density at radius 2 is 1.80 bits per heavy atom. The number of benzene rings is 2. The van der Waals surface area contributed by atoms with Gasteiger partial charge in [0.1, 0.15) is 0 Å². The first-order valence-corrected chi connectivity index (χ1v) is 7.60. The molecule has 0 spiro atoms. The summed E-state index contributed by atoms with van der Waals surface area (Å²) in [5.41, 5.74) is 4.04. The van der Waals surface area contributed by atoms with Crippen LogP contribution in [0.5, 0.6) is 0 Å². The molecule has 0 saturated carbocycles. The Kier molecular flexibility index (Phi) is 2.65. The maximum atomic E-state index is 2.36. The van der Waals surface area contributed by atoms with Crippen LogP contribution in [0.25, 0.3) is 16.6 Å². The Balaban J connectivity index is 2.04. The first kappa shape index (κ1) is 12.1. The van der Waals surface area contributed by atoms with Gasteiger partial charge in [0, 0.05) is 27.9 Å². The highest BCUT2D eigenvalue weighted by Crippen LogP contribution is 2.43. The summed E-state index contributed by atoms with van der Waals surface area (Å²) in [6, 6.07) is 15.3. The van der Waals surface area contributed by atoms with E-state index in [0.717, 1.165) is 6.54 Å². The second-order valence-corrected chi connectivity index (χ2v) is 6.57. The van der Waals surface area contributed by atoms with Gasteiger partial charge in [0.25, 0.3) is 0 Å². The third-order valence-corrected chi connectivity index (χ3v) is 4.82. The van der Waals surface area contributed by atoms with Crippen LogP contribution in [0.4, 0.5) is 0 Å². The molecule has 0 fully saturated rings. The summed E-state index contributed by atoms with van der Waals surface area (Å²) in [6.07, 6.45) is 2.30. The van der Waals surface area contributed by atoms with Crippen LogP contribution in [-0.2, 0) is 6.54 Å². The van der Waals surface area contributed by atoms with E-state index in [4.69, 9.17) is 0 Å². The Bertz CT molecular complexity index is 802. The van der Waals surface area contributed by atoms with Gasteiger partial charge in [0.05, 0.1) is 11.2 Å². The van der Waals surface area contributed by atoms with Crippen molar-refractivity contribution in [3.05, 3.63) is 54.2 Å². The SMILES string of the molecule is CN(C)Cc1cn2c3c(cccc13)Sc1ccccc1-2. The summed E-state index contributed by atoms with van der Waals surface area (Å²) in [4.78, 5) is 4.91. The maximum Gasteiger partial charge on any atom is 0.0671 e. The molecule has 0 atom stereocenters. The smallest absolute Gasteiger partial charge is 0.0671 e. The van der Waals surface area contributed by atoms with Crippen molar-refractivity contribution in [3.8, 4) is 5.69 Å². The fourth-order valence-corrected chi connectivity index (χ4v) is 4.03. The average molecular weight is 280 g/mol. The third kappa shape index (κ3) is 1.70. The fraction of sp³-hybridized carbons (Fsp3) is 0.176. The van der Waals surface area contributed by atoms with E-state index in [-0.39, 0.29) is 0 Å². The molecule has 3 heteroatoms. The molecule has 0 unspecified atom stereocenters. The zero-order chi connectivity index (χ0) is 13.7. The molecule has 0 aliphatic carbocycles. The molecule has 0 N–H and O–H groups in total. The molecule has 20 heavy (non-hydrogen) atoms. The van der Waals surface area contributed by atoms with Crippen LogP contribution >= 0.6 is 11.8 Å². The molecule has 0 radical (unpaired) electrons. The predicted molar refractivity (Wildman–Crippen MR) is 84.8 cm³/mol. The molecule has 1 aliphatic rings. The van der Waals surface area contributed by atoms with Crippen molar-refractivity contribution in [2.45, 2.75) is 16.3 Å². The van der Waals surface area contributed by atoms with Crippen molar-refractivity contribution in [2.75, 3.05) is 14.1 Å². The van der Waals surface area contributed by atoms with Gasteiger partial charge in [0.2, 0.25) is 0 Å². The summed E-state index contributed by atoms with van der Waals surface area (Å²) >= 11 is 1.87. The highest BCUT2D eigenvalue weighted by molar-refractivity contribution is 7.99. The molecule has 0 amide bonds. The van der Waals surface area contributed by atoms with Gasteiger partial charge in [-0.25, -0.2) is 0 Å². The molecular weight excluding hydrogens is 264 g/mol. The van der Waals surface area contributed by atoms with E-state index in [2.05, 4.69) is 72.2 Å². The largest absolute Gasteiger partial charge is 0.314 e. The van der Waals surface area contributed by atoms with Crippen molar-refractivity contribution < 1.29 is 0 Å². The van der Waals surface area contributed by atoms with Crippen molar-refractivity contribution in [1.29, 1.82) is 0 Å². The van der Waals surface area contributed by atoms with Gasteiger partial charge >= 0.3 is 0 Å². The lowest BCUT2D eigenvalue weighted by atomic mass is 10.1. The number of para-hydroxylation sites is 2. The molecule has 1 aliphatic heterocycles. The molecule has 100 valence electrons. The quantitative estimate of drug-likeness (QED) is 0.545. The van der Waals surface area contributed by atoms with E-state index in [1.54, 1.807) is 0 Å². The summed E-state index contributed by atoms with van der Waals surface area (Å²) in [7, 11) is 4.24. The number of rotatable bonds is 2. The Hall–Kier alpha value is -1.71. The molecule has 0 saturated heterocycles. The van der Waals surface area contributed by atoms with Gasteiger partial charge in [-0.3, -0.25) is 0 Å². The molecule has 0 bridgehead atoms. The van der Waals surface area contributed by atoms with Gasteiger partial charge in [-0.05, 0) is 37.9 Å². The maximum absolute atomic E-state index is 2.36. The average Bonchev–Trinajstić information content (AvgIpc) is 2.79. The minimum Gasteiger partial charge on any atom is -0.314 e. The standard InChI is InChI=1S/C17H16N2S/c1-18(2)10-12-11-19-14-7-3-4-8-15(14)20-16-9-5-6-13(12)17(16)19/h3-9,11H,10H2,1-2H3. The van der Waals surface area contributed by atoms with Crippen LogP contribution in [-0.4, -0.2) is 23.6 Å². The van der Waals surface area contributed by atoms with E-state index in [1.807, 2.05) is 11.8 Å². The van der Waals surface area contributed by atoms with Crippen molar-refractivity contribution in [3.63, 3.8) is 0 Å². The molecule has 3 aromatic rings. The van der Waals surface area contributed by atoms with Crippen molar-refractivity contribution in [2.24, 2.45) is 0 Å². The lowest BCUT2D eigenvalue weighted by Gasteiger charge is -2.18. The number of nitrogens with zero attached hydrogens (tertiary/aromatic N) is 2. The lowest BCUT2D eigenvalue weighted by Crippen LogP contribution is -2.10. The minimum atomic E-state index is 0.972.